The highest BCUT2D eigenvalue weighted by molar-refractivity contribution is 6.51. The van der Waals surface area contributed by atoms with Crippen LogP contribution in [0.5, 0.6) is 0 Å². The molecule has 0 heterocycles. The van der Waals surface area contributed by atoms with Gasteiger partial charge in [-0.05, 0) is 0 Å². The van der Waals surface area contributed by atoms with Crippen molar-refractivity contribution in [3.05, 3.63) is 0 Å². The zero-order chi connectivity index (χ0) is 7.07. The van der Waals surface area contributed by atoms with Crippen molar-refractivity contribution in [2.75, 3.05) is 0 Å². The second kappa shape index (κ2) is 2.03. The van der Waals surface area contributed by atoms with Gasteiger partial charge in [0.1, 0.15) is 6.10 Å². The van der Waals surface area contributed by atoms with Gasteiger partial charge in [-0.25, -0.2) is 0 Å². The van der Waals surface area contributed by atoms with Gasteiger partial charge in [0.05, 0.1) is 0 Å². The third-order valence-corrected chi connectivity index (χ3v) is 1.87. The number of hydrogen-bond acceptors (Lipinski definition) is 2. The minimum Gasteiger partial charge on any atom is -0.459 e. The number of carbonyl (C=O) groups excluding carboxylic acids is 1. The second-order valence-electron chi connectivity index (χ2n) is 2.06. The minimum absolute atomic E-state index is 0.279. The third-order valence-electron chi connectivity index (χ3n) is 1.08. The van der Waals surface area contributed by atoms with E-state index in [4.69, 9.17) is 23.2 Å². The lowest BCUT2D eigenvalue weighted by atomic mass is 10.7. The van der Waals surface area contributed by atoms with Crippen LogP contribution in [0.3, 0.4) is 0 Å². The van der Waals surface area contributed by atoms with Crippen LogP contribution >= 0.6 is 23.2 Å². The van der Waals surface area contributed by atoms with Gasteiger partial charge in [0.25, 0.3) is 0 Å². The highest BCUT2D eigenvalue weighted by Crippen LogP contribution is 2.49. The number of carbonyl (C=O) groups is 1. The topological polar surface area (TPSA) is 26.3 Å². The van der Waals surface area contributed by atoms with Crippen molar-refractivity contribution >= 4 is 29.2 Å². The number of alkyl halides is 2. The fourth-order valence-corrected chi connectivity index (χ4v) is 0.886. The molecule has 0 aromatic rings. The summed E-state index contributed by atoms with van der Waals surface area (Å²) < 4.78 is 3.87. The first kappa shape index (κ1) is 7.16. The molecule has 0 aromatic carbocycles. The van der Waals surface area contributed by atoms with E-state index in [0.717, 1.165) is 0 Å². The van der Waals surface area contributed by atoms with Gasteiger partial charge >= 0.3 is 5.97 Å². The Hall–Kier alpha value is 0.0500. The SMILES string of the molecule is CC(=O)OC1CC1(Cl)Cl. The van der Waals surface area contributed by atoms with Gasteiger partial charge in [0.2, 0.25) is 0 Å². The van der Waals surface area contributed by atoms with Crippen LogP contribution < -0.4 is 0 Å². The van der Waals surface area contributed by atoms with E-state index in [9.17, 15) is 4.79 Å². The third kappa shape index (κ3) is 1.73. The maximum atomic E-state index is 10.2. The Morgan fingerprint density at radius 3 is 2.33 bits per heavy atom. The second-order valence-corrected chi connectivity index (χ2v) is 3.61. The van der Waals surface area contributed by atoms with Gasteiger partial charge in [0.15, 0.2) is 4.33 Å². The maximum Gasteiger partial charge on any atom is 0.303 e. The average Bonchev–Trinajstić information content (AvgIpc) is 2.10. The number of hydrogen-bond donors (Lipinski definition) is 0. The smallest absolute Gasteiger partial charge is 0.303 e. The van der Waals surface area contributed by atoms with Gasteiger partial charge < -0.3 is 4.74 Å². The molecule has 0 bridgehead atoms. The molecule has 9 heavy (non-hydrogen) atoms. The summed E-state index contributed by atoms with van der Waals surface area (Å²) in [5.41, 5.74) is 0. The highest BCUT2D eigenvalue weighted by Gasteiger charge is 2.54. The van der Waals surface area contributed by atoms with Crippen molar-refractivity contribution in [3.63, 3.8) is 0 Å². The average molecular weight is 169 g/mol. The predicted octanol–water partition coefficient (Wildman–Crippen LogP) is 1.50. The van der Waals surface area contributed by atoms with Crippen LogP contribution in [-0.2, 0) is 9.53 Å². The number of ether oxygens (including phenoxy) is 1. The van der Waals surface area contributed by atoms with Gasteiger partial charge in [-0.2, -0.15) is 0 Å². The van der Waals surface area contributed by atoms with Crippen LogP contribution in [0.1, 0.15) is 13.3 Å². The fourth-order valence-electron chi connectivity index (χ4n) is 0.516. The molecule has 1 rings (SSSR count). The van der Waals surface area contributed by atoms with Gasteiger partial charge in [-0.3, -0.25) is 4.79 Å². The molecule has 1 aliphatic carbocycles. The molecule has 2 nitrogen and oxygen atoms in total. The van der Waals surface area contributed by atoms with E-state index >= 15 is 0 Å². The zero-order valence-corrected chi connectivity index (χ0v) is 6.37. The minimum atomic E-state index is -0.800. The summed E-state index contributed by atoms with van der Waals surface area (Å²) in [5, 5.41) is 0. The molecule has 0 amide bonds. The first-order valence-electron chi connectivity index (χ1n) is 2.57. The Bertz CT molecular complexity index is 144. The molecule has 1 saturated carbocycles. The lowest BCUT2D eigenvalue weighted by Gasteiger charge is -1.98. The number of halogens is 2. The maximum absolute atomic E-state index is 10.2. The molecular formula is C5H6Cl2O2. The standard InChI is InChI=1S/C5H6Cl2O2/c1-3(8)9-4-2-5(4,6)7/h4H,2H2,1H3. The molecule has 0 aliphatic heterocycles. The van der Waals surface area contributed by atoms with E-state index < -0.39 is 4.33 Å². The summed E-state index contributed by atoms with van der Waals surface area (Å²) in [4.78, 5) is 10.2. The Morgan fingerprint density at radius 1 is 1.78 bits per heavy atom. The van der Waals surface area contributed by atoms with Gasteiger partial charge in [0, 0.05) is 13.3 Å². The Balaban J connectivity index is 2.28. The zero-order valence-electron chi connectivity index (χ0n) is 4.86. The van der Waals surface area contributed by atoms with E-state index in [1.165, 1.54) is 6.92 Å². The molecule has 0 N–H and O–H groups in total. The molecule has 1 fully saturated rings. The monoisotopic (exact) mass is 168 g/mol. The van der Waals surface area contributed by atoms with Crippen LogP contribution in [0, 0.1) is 0 Å². The lowest BCUT2D eigenvalue weighted by molar-refractivity contribution is -0.142. The molecular weight excluding hydrogens is 163 g/mol. The van der Waals surface area contributed by atoms with Crippen molar-refractivity contribution in [2.24, 2.45) is 0 Å². The summed E-state index contributed by atoms with van der Waals surface area (Å²) in [5.74, 6) is -0.330. The molecule has 1 atom stereocenters. The number of esters is 1. The van der Waals surface area contributed by atoms with Crippen LogP contribution in [0.25, 0.3) is 0 Å². The summed E-state index contributed by atoms with van der Waals surface area (Å²) in [6.07, 6.45) is 0.272. The van der Waals surface area contributed by atoms with Gasteiger partial charge in [-0.15, -0.1) is 0 Å². The van der Waals surface area contributed by atoms with Crippen molar-refractivity contribution < 1.29 is 9.53 Å². The lowest BCUT2D eigenvalue weighted by Crippen LogP contribution is -2.06. The van der Waals surface area contributed by atoms with E-state index in [1.54, 1.807) is 0 Å². The van der Waals surface area contributed by atoms with Crippen LogP contribution in [-0.4, -0.2) is 16.4 Å². The van der Waals surface area contributed by atoms with Crippen molar-refractivity contribution in [1.82, 2.24) is 0 Å². The molecule has 0 spiro atoms. The van der Waals surface area contributed by atoms with Crippen LogP contribution in [0.15, 0.2) is 0 Å². The normalized spacial score (nSPS) is 29.4. The summed E-state index contributed by atoms with van der Waals surface area (Å²) in [6.45, 7) is 1.34. The number of rotatable bonds is 1. The Morgan fingerprint density at radius 2 is 2.22 bits per heavy atom. The fraction of sp³-hybridized carbons (Fsp3) is 0.800. The first-order valence-corrected chi connectivity index (χ1v) is 3.33. The van der Waals surface area contributed by atoms with Gasteiger partial charge in [-0.1, -0.05) is 23.2 Å². The predicted molar refractivity (Wildman–Crippen MR) is 34.6 cm³/mol. The summed E-state index contributed by atoms with van der Waals surface area (Å²) >= 11 is 11.1. The summed E-state index contributed by atoms with van der Waals surface area (Å²) in [7, 11) is 0. The Labute approximate surface area is 63.1 Å². The molecule has 1 unspecified atom stereocenters. The van der Waals surface area contributed by atoms with E-state index in [2.05, 4.69) is 4.74 Å². The van der Waals surface area contributed by atoms with Crippen LogP contribution in [0.4, 0.5) is 0 Å². The molecule has 52 valence electrons. The first-order chi connectivity index (χ1) is 4.02. The highest BCUT2D eigenvalue weighted by atomic mass is 35.5. The van der Waals surface area contributed by atoms with Crippen LogP contribution in [0.2, 0.25) is 0 Å². The largest absolute Gasteiger partial charge is 0.459 e. The molecule has 4 heteroatoms. The van der Waals surface area contributed by atoms with E-state index in [-0.39, 0.29) is 12.1 Å². The molecule has 0 radical (unpaired) electrons. The molecule has 0 saturated heterocycles. The van der Waals surface area contributed by atoms with E-state index in [1.807, 2.05) is 0 Å². The quantitative estimate of drug-likeness (QED) is 0.439. The van der Waals surface area contributed by atoms with Crippen molar-refractivity contribution in [1.29, 1.82) is 0 Å². The summed E-state index contributed by atoms with van der Waals surface area (Å²) in [6, 6.07) is 0. The molecule has 0 aromatic heterocycles. The molecule has 1 aliphatic rings. The van der Waals surface area contributed by atoms with Crippen molar-refractivity contribution in [2.45, 2.75) is 23.8 Å². The van der Waals surface area contributed by atoms with Crippen molar-refractivity contribution in [3.8, 4) is 0 Å². The Kier molecular flexibility index (Phi) is 1.61. The van der Waals surface area contributed by atoms with E-state index in [0.29, 0.717) is 6.42 Å².